The first-order valence-corrected chi connectivity index (χ1v) is 10.9. The Kier molecular flexibility index (Phi) is 5.62. The van der Waals surface area contributed by atoms with E-state index < -0.39 is 12.4 Å². The molecule has 3 heterocycles. The molecule has 0 saturated carbocycles. The molecule has 0 aliphatic carbocycles. The number of carbonyl (C=O) groups is 1. The van der Waals surface area contributed by atoms with Gasteiger partial charge in [-0.3, -0.25) is 4.90 Å². The predicted molar refractivity (Wildman–Crippen MR) is 114 cm³/mol. The highest BCUT2D eigenvalue weighted by atomic mass is 32.1. The molecule has 0 radical (unpaired) electrons. The SMILES string of the molecule is O=C(Nc1ccc2c(c1)OCO2)N(CC1CCCO1)c1nc2ccc(OC(F)(F)F)cc2s1. The molecule has 1 saturated heterocycles. The van der Waals surface area contributed by atoms with E-state index in [4.69, 9.17) is 14.2 Å². The molecule has 8 nitrogen and oxygen atoms in total. The molecular formula is C21H18F3N3O5S. The standard InChI is InChI=1S/C21H18F3N3O5S/c22-21(23,24)32-13-4-5-15-18(9-13)33-20(26-15)27(10-14-2-1-7-29-14)19(28)25-12-3-6-16-17(8-12)31-11-30-16/h3-6,8-9,14H,1-2,7,10-11H2,(H,25,28). The Morgan fingerprint density at radius 1 is 1.21 bits per heavy atom. The molecule has 2 aliphatic rings. The lowest BCUT2D eigenvalue weighted by molar-refractivity contribution is -0.274. The number of benzene rings is 2. The van der Waals surface area contributed by atoms with Crippen LogP contribution in [0.25, 0.3) is 10.2 Å². The van der Waals surface area contributed by atoms with Crippen LogP contribution < -0.4 is 24.4 Å². The summed E-state index contributed by atoms with van der Waals surface area (Å²) in [7, 11) is 0. The summed E-state index contributed by atoms with van der Waals surface area (Å²) in [5.74, 6) is 0.767. The van der Waals surface area contributed by atoms with Crippen LogP contribution in [-0.4, -0.2) is 43.4 Å². The van der Waals surface area contributed by atoms with Gasteiger partial charge in [-0.15, -0.1) is 13.2 Å². The van der Waals surface area contributed by atoms with Gasteiger partial charge >= 0.3 is 12.4 Å². The van der Waals surface area contributed by atoms with Crippen molar-refractivity contribution in [2.24, 2.45) is 0 Å². The number of aromatic nitrogens is 1. The number of hydrogen-bond acceptors (Lipinski definition) is 7. The van der Waals surface area contributed by atoms with E-state index in [9.17, 15) is 18.0 Å². The number of rotatable bonds is 5. The molecule has 2 aromatic carbocycles. The topological polar surface area (TPSA) is 82.2 Å². The number of anilines is 2. The van der Waals surface area contributed by atoms with Crippen LogP contribution in [0.4, 0.5) is 28.8 Å². The molecular weight excluding hydrogens is 463 g/mol. The molecule has 0 spiro atoms. The molecule has 174 valence electrons. The van der Waals surface area contributed by atoms with Crippen molar-refractivity contribution in [1.29, 1.82) is 0 Å². The summed E-state index contributed by atoms with van der Waals surface area (Å²) in [5.41, 5.74) is 0.960. The van der Waals surface area contributed by atoms with Gasteiger partial charge in [-0.1, -0.05) is 11.3 Å². The highest BCUT2D eigenvalue weighted by Crippen LogP contribution is 2.36. The Labute approximate surface area is 189 Å². The number of urea groups is 1. The van der Waals surface area contributed by atoms with Gasteiger partial charge in [0, 0.05) is 24.4 Å². The zero-order chi connectivity index (χ0) is 23.0. The van der Waals surface area contributed by atoms with E-state index in [0.717, 1.165) is 24.2 Å². The quantitative estimate of drug-likeness (QED) is 0.544. The van der Waals surface area contributed by atoms with Crippen molar-refractivity contribution in [3.8, 4) is 17.2 Å². The van der Waals surface area contributed by atoms with Crippen LogP contribution in [0.5, 0.6) is 17.2 Å². The fourth-order valence-corrected chi connectivity index (χ4v) is 4.61. The molecule has 1 fully saturated rings. The molecule has 1 atom stereocenters. The van der Waals surface area contributed by atoms with E-state index in [0.29, 0.717) is 39.1 Å². The minimum atomic E-state index is -4.79. The second kappa shape index (κ2) is 8.60. The largest absolute Gasteiger partial charge is 0.573 e. The molecule has 0 bridgehead atoms. The monoisotopic (exact) mass is 481 g/mol. The van der Waals surface area contributed by atoms with Gasteiger partial charge in [0.2, 0.25) is 6.79 Å². The summed E-state index contributed by atoms with van der Waals surface area (Å²) in [6.07, 6.45) is -3.27. The minimum absolute atomic E-state index is 0.115. The normalized spacial score (nSPS) is 17.4. The molecule has 5 rings (SSSR count). The summed E-state index contributed by atoms with van der Waals surface area (Å²) >= 11 is 1.09. The second-order valence-corrected chi connectivity index (χ2v) is 8.43. The van der Waals surface area contributed by atoms with Crippen LogP contribution in [0.3, 0.4) is 0 Å². The van der Waals surface area contributed by atoms with E-state index in [1.54, 1.807) is 18.2 Å². The van der Waals surface area contributed by atoms with E-state index in [1.165, 1.54) is 23.1 Å². The van der Waals surface area contributed by atoms with Gasteiger partial charge in [0.15, 0.2) is 16.6 Å². The molecule has 33 heavy (non-hydrogen) atoms. The van der Waals surface area contributed by atoms with Gasteiger partial charge in [-0.2, -0.15) is 0 Å². The maximum Gasteiger partial charge on any atom is 0.573 e. The van der Waals surface area contributed by atoms with E-state index in [2.05, 4.69) is 15.0 Å². The van der Waals surface area contributed by atoms with Crippen molar-refractivity contribution in [3.63, 3.8) is 0 Å². The minimum Gasteiger partial charge on any atom is -0.454 e. The third kappa shape index (κ3) is 4.91. The summed E-state index contributed by atoms with van der Waals surface area (Å²) in [6, 6.07) is 8.47. The third-order valence-corrected chi connectivity index (χ3v) is 6.13. The molecule has 1 aromatic heterocycles. The molecule has 1 N–H and O–H groups in total. The average Bonchev–Trinajstić information content (AvgIpc) is 3.50. The number of ether oxygens (including phenoxy) is 4. The molecule has 3 aromatic rings. The van der Waals surface area contributed by atoms with Crippen molar-refractivity contribution in [2.45, 2.75) is 25.3 Å². The fourth-order valence-electron chi connectivity index (χ4n) is 3.61. The number of alkyl halides is 3. The lowest BCUT2D eigenvalue weighted by Gasteiger charge is -2.23. The van der Waals surface area contributed by atoms with Crippen molar-refractivity contribution < 1.29 is 36.9 Å². The number of nitrogens with zero attached hydrogens (tertiary/aromatic N) is 2. The maximum atomic E-state index is 13.2. The van der Waals surface area contributed by atoms with Crippen molar-refractivity contribution in [2.75, 3.05) is 30.2 Å². The van der Waals surface area contributed by atoms with Gasteiger partial charge in [0.1, 0.15) is 5.75 Å². The number of amides is 2. The summed E-state index contributed by atoms with van der Waals surface area (Å²) in [4.78, 5) is 19.1. The van der Waals surface area contributed by atoms with Crippen LogP contribution in [0.2, 0.25) is 0 Å². The molecule has 1 unspecified atom stereocenters. The Balaban J connectivity index is 1.41. The summed E-state index contributed by atoms with van der Waals surface area (Å²) in [6.45, 7) is 0.978. The first-order chi connectivity index (χ1) is 15.8. The predicted octanol–water partition coefficient (Wildman–Crippen LogP) is 5.14. The highest BCUT2D eigenvalue weighted by molar-refractivity contribution is 7.22. The average molecular weight is 481 g/mol. The molecule has 2 aliphatic heterocycles. The Morgan fingerprint density at radius 2 is 2.06 bits per heavy atom. The summed E-state index contributed by atoms with van der Waals surface area (Å²) in [5, 5.41) is 3.16. The fraction of sp³-hybridized carbons (Fsp3) is 0.333. The first kappa shape index (κ1) is 21.6. The lowest BCUT2D eigenvalue weighted by Crippen LogP contribution is -2.40. The van der Waals surface area contributed by atoms with E-state index in [-0.39, 0.29) is 25.2 Å². The number of fused-ring (bicyclic) bond motifs is 2. The van der Waals surface area contributed by atoms with Gasteiger partial charge in [0.05, 0.1) is 22.9 Å². The van der Waals surface area contributed by atoms with Crippen molar-refractivity contribution >= 4 is 38.4 Å². The van der Waals surface area contributed by atoms with Crippen LogP contribution in [0, 0.1) is 0 Å². The van der Waals surface area contributed by atoms with Gasteiger partial charge in [-0.25, -0.2) is 9.78 Å². The van der Waals surface area contributed by atoms with Crippen LogP contribution >= 0.6 is 11.3 Å². The number of hydrogen-bond donors (Lipinski definition) is 1. The maximum absolute atomic E-state index is 13.2. The number of thiazole rings is 1. The first-order valence-electron chi connectivity index (χ1n) is 10.1. The number of halogens is 3. The second-order valence-electron chi connectivity index (χ2n) is 7.42. The van der Waals surface area contributed by atoms with Gasteiger partial charge < -0.3 is 24.3 Å². The van der Waals surface area contributed by atoms with Crippen LogP contribution in [0.1, 0.15) is 12.8 Å². The zero-order valence-electron chi connectivity index (χ0n) is 17.1. The lowest BCUT2D eigenvalue weighted by atomic mass is 10.2. The van der Waals surface area contributed by atoms with E-state index >= 15 is 0 Å². The zero-order valence-corrected chi connectivity index (χ0v) is 17.9. The molecule has 12 heteroatoms. The molecule has 2 amide bonds. The van der Waals surface area contributed by atoms with Crippen LogP contribution in [0.15, 0.2) is 36.4 Å². The summed E-state index contributed by atoms with van der Waals surface area (Å²) < 4.78 is 58.5. The number of carbonyl (C=O) groups excluding carboxylic acids is 1. The van der Waals surface area contributed by atoms with Gasteiger partial charge in [0.25, 0.3) is 0 Å². The highest BCUT2D eigenvalue weighted by Gasteiger charge is 2.31. The van der Waals surface area contributed by atoms with Crippen LogP contribution in [-0.2, 0) is 4.74 Å². The van der Waals surface area contributed by atoms with Crippen molar-refractivity contribution in [3.05, 3.63) is 36.4 Å². The number of nitrogens with one attached hydrogen (secondary N) is 1. The third-order valence-electron chi connectivity index (χ3n) is 5.09. The Morgan fingerprint density at radius 3 is 2.85 bits per heavy atom. The Bertz CT molecular complexity index is 1180. The Hall–Kier alpha value is -3.25. The van der Waals surface area contributed by atoms with Crippen molar-refractivity contribution in [1.82, 2.24) is 4.98 Å². The van der Waals surface area contributed by atoms with E-state index in [1.807, 2.05) is 0 Å². The van der Waals surface area contributed by atoms with Gasteiger partial charge in [-0.05, 0) is 37.1 Å². The smallest absolute Gasteiger partial charge is 0.454 e.